The Labute approximate surface area is 179 Å². The number of carbonyl (C=O) groups excluding carboxylic acids is 2. The zero-order valence-electron chi connectivity index (χ0n) is 16.3. The minimum atomic E-state index is -0.478. The number of hydrogen-bond acceptors (Lipinski definition) is 3. The van der Waals surface area contributed by atoms with Gasteiger partial charge < -0.3 is 4.74 Å². The lowest BCUT2D eigenvalue weighted by molar-refractivity contribution is -0.117. The normalized spacial score (nSPS) is 14.9. The van der Waals surface area contributed by atoms with Crippen molar-refractivity contribution < 1.29 is 14.3 Å². The van der Waals surface area contributed by atoms with Crippen molar-refractivity contribution in [1.82, 2.24) is 5.43 Å². The molecule has 5 nitrogen and oxygen atoms in total. The molecular formula is C24H19ClN2O3. The van der Waals surface area contributed by atoms with Crippen LogP contribution in [0.3, 0.4) is 0 Å². The number of ether oxygens (including phenoxy) is 1. The van der Waals surface area contributed by atoms with Gasteiger partial charge in [0.05, 0.1) is 5.69 Å². The van der Waals surface area contributed by atoms with E-state index < -0.39 is 11.8 Å². The van der Waals surface area contributed by atoms with E-state index in [1.807, 2.05) is 37.3 Å². The molecule has 0 aliphatic carbocycles. The molecule has 0 aromatic heterocycles. The molecule has 1 saturated heterocycles. The summed E-state index contributed by atoms with van der Waals surface area (Å²) in [7, 11) is 0. The number of benzene rings is 3. The lowest BCUT2D eigenvalue weighted by Gasteiger charge is -2.14. The Balaban J connectivity index is 1.63. The van der Waals surface area contributed by atoms with E-state index in [0.29, 0.717) is 28.6 Å². The summed E-state index contributed by atoms with van der Waals surface area (Å²) >= 11 is 6.16. The summed E-state index contributed by atoms with van der Waals surface area (Å²) in [5.74, 6) is -0.376. The van der Waals surface area contributed by atoms with E-state index in [1.165, 1.54) is 11.1 Å². The Kier molecular flexibility index (Phi) is 5.55. The Morgan fingerprint density at radius 2 is 1.73 bits per heavy atom. The first-order chi connectivity index (χ1) is 14.5. The first kappa shape index (κ1) is 19.7. The van der Waals surface area contributed by atoms with Crippen LogP contribution in [-0.2, 0) is 16.2 Å². The SMILES string of the molecule is Cc1ccccc1COc1ccc(Cl)cc1/C=C1\C(=O)NN(c2ccccc2)C1=O. The van der Waals surface area contributed by atoms with Crippen LogP contribution < -0.4 is 15.2 Å². The maximum atomic E-state index is 12.8. The first-order valence-corrected chi connectivity index (χ1v) is 9.80. The average molecular weight is 419 g/mol. The largest absolute Gasteiger partial charge is 0.488 e. The van der Waals surface area contributed by atoms with Crippen molar-refractivity contribution in [3.05, 3.63) is 100 Å². The number of amides is 2. The average Bonchev–Trinajstić information content (AvgIpc) is 3.03. The Morgan fingerprint density at radius 1 is 1.00 bits per heavy atom. The predicted molar refractivity (Wildman–Crippen MR) is 117 cm³/mol. The number of para-hydroxylation sites is 1. The fourth-order valence-electron chi connectivity index (χ4n) is 3.16. The lowest BCUT2D eigenvalue weighted by Crippen LogP contribution is -2.35. The Bertz CT molecular complexity index is 1140. The molecule has 4 rings (SSSR count). The lowest BCUT2D eigenvalue weighted by atomic mass is 10.1. The van der Waals surface area contributed by atoms with Crippen molar-refractivity contribution in [2.45, 2.75) is 13.5 Å². The molecule has 1 aliphatic rings. The van der Waals surface area contributed by atoms with Crippen molar-refractivity contribution in [1.29, 1.82) is 0 Å². The summed E-state index contributed by atoms with van der Waals surface area (Å²) in [5, 5.41) is 1.71. The van der Waals surface area contributed by atoms with Gasteiger partial charge in [-0.15, -0.1) is 0 Å². The zero-order chi connectivity index (χ0) is 21.1. The van der Waals surface area contributed by atoms with Crippen LogP contribution >= 0.6 is 11.6 Å². The first-order valence-electron chi connectivity index (χ1n) is 9.42. The molecule has 3 aromatic carbocycles. The number of aryl methyl sites for hydroxylation is 1. The summed E-state index contributed by atoms with van der Waals surface area (Å²) in [4.78, 5) is 25.3. The van der Waals surface area contributed by atoms with E-state index in [4.69, 9.17) is 16.3 Å². The van der Waals surface area contributed by atoms with Crippen molar-refractivity contribution >= 4 is 35.2 Å². The van der Waals surface area contributed by atoms with E-state index in [0.717, 1.165) is 11.1 Å². The van der Waals surface area contributed by atoms with Crippen molar-refractivity contribution in [3.63, 3.8) is 0 Å². The van der Waals surface area contributed by atoms with Gasteiger partial charge in [-0.1, -0.05) is 54.1 Å². The molecule has 0 atom stereocenters. The van der Waals surface area contributed by atoms with E-state index in [-0.39, 0.29) is 5.57 Å². The topological polar surface area (TPSA) is 58.6 Å². The number of nitrogens with zero attached hydrogens (tertiary/aromatic N) is 1. The smallest absolute Gasteiger partial charge is 0.282 e. The second-order valence-electron chi connectivity index (χ2n) is 6.87. The third-order valence-electron chi connectivity index (χ3n) is 4.82. The fraction of sp³-hybridized carbons (Fsp3) is 0.0833. The maximum absolute atomic E-state index is 12.8. The van der Waals surface area contributed by atoms with Crippen molar-refractivity contribution in [2.75, 3.05) is 5.01 Å². The third kappa shape index (κ3) is 4.07. The monoisotopic (exact) mass is 418 g/mol. The highest BCUT2D eigenvalue weighted by Crippen LogP contribution is 2.28. The number of rotatable bonds is 5. The second kappa shape index (κ2) is 8.43. The number of carbonyl (C=O) groups is 2. The van der Waals surface area contributed by atoms with Gasteiger partial charge in [-0.05, 0) is 54.5 Å². The molecule has 3 aromatic rings. The van der Waals surface area contributed by atoms with Gasteiger partial charge in [-0.3, -0.25) is 15.0 Å². The summed E-state index contributed by atoms with van der Waals surface area (Å²) < 4.78 is 5.99. The summed E-state index contributed by atoms with van der Waals surface area (Å²) in [6.45, 7) is 2.38. The van der Waals surface area contributed by atoms with Gasteiger partial charge in [0.25, 0.3) is 11.8 Å². The quantitative estimate of drug-likeness (QED) is 0.483. The van der Waals surface area contributed by atoms with Gasteiger partial charge in [0.1, 0.15) is 17.9 Å². The fourth-order valence-corrected chi connectivity index (χ4v) is 3.34. The van der Waals surface area contributed by atoms with Crippen LogP contribution in [-0.4, -0.2) is 11.8 Å². The molecule has 0 spiro atoms. The zero-order valence-corrected chi connectivity index (χ0v) is 17.0. The van der Waals surface area contributed by atoms with Gasteiger partial charge in [0.2, 0.25) is 0 Å². The second-order valence-corrected chi connectivity index (χ2v) is 7.31. The van der Waals surface area contributed by atoms with Gasteiger partial charge in [-0.25, -0.2) is 5.01 Å². The molecule has 0 saturated carbocycles. The molecule has 1 fully saturated rings. The van der Waals surface area contributed by atoms with Crippen LogP contribution in [0.25, 0.3) is 6.08 Å². The van der Waals surface area contributed by atoms with Crippen molar-refractivity contribution in [2.24, 2.45) is 0 Å². The molecule has 150 valence electrons. The van der Waals surface area contributed by atoms with Crippen LogP contribution in [0.2, 0.25) is 5.02 Å². The molecular weight excluding hydrogens is 400 g/mol. The van der Waals surface area contributed by atoms with Crippen LogP contribution in [0.1, 0.15) is 16.7 Å². The third-order valence-corrected chi connectivity index (χ3v) is 5.06. The molecule has 0 unspecified atom stereocenters. The highest BCUT2D eigenvalue weighted by Gasteiger charge is 2.34. The van der Waals surface area contributed by atoms with Crippen molar-refractivity contribution in [3.8, 4) is 5.75 Å². The molecule has 30 heavy (non-hydrogen) atoms. The summed E-state index contributed by atoms with van der Waals surface area (Å²) in [6.07, 6.45) is 1.51. The van der Waals surface area contributed by atoms with E-state index in [2.05, 4.69) is 5.43 Å². The molecule has 0 radical (unpaired) electrons. The van der Waals surface area contributed by atoms with E-state index in [9.17, 15) is 9.59 Å². The highest BCUT2D eigenvalue weighted by atomic mass is 35.5. The van der Waals surface area contributed by atoms with Crippen LogP contribution in [0.5, 0.6) is 5.75 Å². The Morgan fingerprint density at radius 3 is 2.50 bits per heavy atom. The summed E-state index contributed by atoms with van der Waals surface area (Å²) in [5.41, 5.74) is 5.92. The molecule has 1 N–H and O–H groups in total. The van der Waals surface area contributed by atoms with Gasteiger partial charge in [-0.2, -0.15) is 0 Å². The number of hydrazine groups is 1. The number of hydrogen-bond donors (Lipinski definition) is 1. The number of anilines is 1. The number of nitrogens with one attached hydrogen (secondary N) is 1. The van der Waals surface area contributed by atoms with E-state index in [1.54, 1.807) is 42.5 Å². The molecule has 1 aliphatic heterocycles. The standard InChI is InChI=1S/C24H19ClN2O3/c1-16-7-5-6-8-17(16)15-30-22-12-11-19(25)13-18(22)14-21-23(28)26-27(24(21)29)20-9-3-2-4-10-20/h2-14H,15H2,1H3,(H,26,28)/b21-14+. The van der Waals surface area contributed by atoms with Crippen LogP contribution in [0.4, 0.5) is 5.69 Å². The highest BCUT2D eigenvalue weighted by molar-refractivity contribution is 6.32. The van der Waals surface area contributed by atoms with Gasteiger partial charge in [0.15, 0.2) is 0 Å². The van der Waals surface area contributed by atoms with Crippen LogP contribution in [0, 0.1) is 6.92 Å². The molecule has 0 bridgehead atoms. The molecule has 1 heterocycles. The van der Waals surface area contributed by atoms with Gasteiger partial charge >= 0.3 is 0 Å². The van der Waals surface area contributed by atoms with Crippen LogP contribution in [0.15, 0.2) is 78.4 Å². The van der Waals surface area contributed by atoms with Gasteiger partial charge in [0, 0.05) is 10.6 Å². The number of halogens is 1. The molecule has 6 heteroatoms. The minimum Gasteiger partial charge on any atom is -0.488 e. The van der Waals surface area contributed by atoms with E-state index >= 15 is 0 Å². The predicted octanol–water partition coefficient (Wildman–Crippen LogP) is 4.69. The Hall–Kier alpha value is -3.57. The summed E-state index contributed by atoms with van der Waals surface area (Å²) in [6, 6.07) is 22.0. The molecule has 2 amide bonds. The maximum Gasteiger partial charge on any atom is 0.282 e. The minimum absolute atomic E-state index is 0.0156.